The van der Waals surface area contributed by atoms with Crippen molar-refractivity contribution in [1.29, 1.82) is 0 Å². The Labute approximate surface area is 145 Å². The summed E-state index contributed by atoms with van der Waals surface area (Å²) in [5.41, 5.74) is 11.2. The largest absolute Gasteiger partial charge is 0.496 e. The lowest BCUT2D eigenvalue weighted by Gasteiger charge is -2.08. The lowest BCUT2D eigenvalue weighted by Crippen LogP contribution is -1.95. The molecule has 4 rings (SSSR count). The van der Waals surface area contributed by atoms with Crippen molar-refractivity contribution in [1.82, 2.24) is 19.4 Å². The Hall–Kier alpha value is -3.41. The molecule has 0 atom stereocenters. The van der Waals surface area contributed by atoms with E-state index in [4.69, 9.17) is 10.5 Å². The van der Waals surface area contributed by atoms with Gasteiger partial charge in [-0.15, -0.1) is 0 Å². The maximum atomic E-state index is 5.66. The second-order valence-electron chi connectivity index (χ2n) is 5.80. The van der Waals surface area contributed by atoms with Gasteiger partial charge in [0.15, 0.2) is 5.65 Å². The summed E-state index contributed by atoms with van der Waals surface area (Å²) in [5, 5.41) is 0. The summed E-state index contributed by atoms with van der Waals surface area (Å²) in [6.45, 7) is 2.02. The second kappa shape index (κ2) is 5.90. The van der Waals surface area contributed by atoms with Gasteiger partial charge in [0, 0.05) is 23.5 Å². The molecule has 4 aromatic rings. The second-order valence-corrected chi connectivity index (χ2v) is 5.80. The van der Waals surface area contributed by atoms with Gasteiger partial charge in [0.2, 0.25) is 0 Å². The van der Waals surface area contributed by atoms with Crippen LogP contribution >= 0.6 is 0 Å². The fourth-order valence-electron chi connectivity index (χ4n) is 2.79. The standard InChI is InChI=1S/C19H17N5O/c1-12-3-4-13(7-17(12)25-2)16-9-23-19-10-21-15(11-24(16)19)14-5-6-18(20)22-8-14/h3-11H,1-2H3,(H2,20,22). The number of fused-ring (bicyclic) bond motifs is 1. The molecule has 0 aliphatic carbocycles. The molecule has 2 N–H and O–H groups in total. The van der Waals surface area contributed by atoms with Crippen molar-refractivity contribution in [3.63, 3.8) is 0 Å². The SMILES string of the molecule is COc1cc(-c2cnc3cnc(-c4ccc(N)nc4)cn23)ccc1C. The van der Waals surface area contributed by atoms with E-state index in [0.29, 0.717) is 5.82 Å². The molecule has 6 nitrogen and oxygen atoms in total. The van der Waals surface area contributed by atoms with Gasteiger partial charge in [0.05, 0.1) is 30.9 Å². The molecule has 3 aromatic heterocycles. The minimum absolute atomic E-state index is 0.486. The number of pyridine rings is 1. The highest BCUT2D eigenvalue weighted by atomic mass is 16.5. The topological polar surface area (TPSA) is 78.3 Å². The van der Waals surface area contributed by atoms with Gasteiger partial charge < -0.3 is 10.5 Å². The fourth-order valence-corrected chi connectivity index (χ4v) is 2.79. The van der Waals surface area contributed by atoms with Gasteiger partial charge in [-0.25, -0.2) is 9.97 Å². The predicted octanol–water partition coefficient (Wildman–Crippen LogP) is 3.36. The number of nitrogen functional groups attached to an aromatic ring is 1. The van der Waals surface area contributed by atoms with Crippen molar-refractivity contribution >= 4 is 11.5 Å². The Morgan fingerprint density at radius 2 is 1.80 bits per heavy atom. The van der Waals surface area contributed by atoms with E-state index in [2.05, 4.69) is 21.0 Å². The van der Waals surface area contributed by atoms with Crippen LogP contribution in [0, 0.1) is 6.92 Å². The molecule has 3 heterocycles. The van der Waals surface area contributed by atoms with Gasteiger partial charge in [-0.05, 0) is 30.7 Å². The van der Waals surface area contributed by atoms with E-state index in [-0.39, 0.29) is 0 Å². The number of rotatable bonds is 3. The summed E-state index contributed by atoms with van der Waals surface area (Å²) in [6, 6.07) is 9.79. The molecule has 0 saturated heterocycles. The van der Waals surface area contributed by atoms with Gasteiger partial charge in [-0.3, -0.25) is 9.38 Å². The Bertz CT molecular complexity index is 1050. The molecule has 25 heavy (non-hydrogen) atoms. The Kier molecular flexibility index (Phi) is 3.57. The first-order chi connectivity index (χ1) is 12.2. The summed E-state index contributed by atoms with van der Waals surface area (Å²) < 4.78 is 7.45. The maximum absolute atomic E-state index is 5.66. The van der Waals surface area contributed by atoms with Crippen molar-refractivity contribution in [3.05, 3.63) is 60.7 Å². The first-order valence-electron chi connectivity index (χ1n) is 7.86. The predicted molar refractivity (Wildman–Crippen MR) is 97.4 cm³/mol. The van der Waals surface area contributed by atoms with Crippen LogP contribution in [-0.4, -0.2) is 26.5 Å². The van der Waals surface area contributed by atoms with Gasteiger partial charge in [0.1, 0.15) is 11.6 Å². The molecule has 0 unspecified atom stereocenters. The van der Waals surface area contributed by atoms with Crippen LogP contribution < -0.4 is 10.5 Å². The number of benzene rings is 1. The fraction of sp³-hybridized carbons (Fsp3) is 0.105. The normalized spacial score (nSPS) is 11.0. The molecular weight excluding hydrogens is 314 g/mol. The zero-order valence-electron chi connectivity index (χ0n) is 14.0. The van der Waals surface area contributed by atoms with Crippen molar-refractivity contribution in [2.75, 3.05) is 12.8 Å². The summed E-state index contributed by atoms with van der Waals surface area (Å²) in [5.74, 6) is 1.34. The van der Waals surface area contributed by atoms with Crippen molar-refractivity contribution in [2.45, 2.75) is 6.92 Å². The number of hydrogen-bond acceptors (Lipinski definition) is 5. The number of aromatic nitrogens is 4. The van der Waals surface area contributed by atoms with Crippen molar-refractivity contribution in [2.24, 2.45) is 0 Å². The zero-order chi connectivity index (χ0) is 17.4. The first kappa shape index (κ1) is 15.1. The lowest BCUT2D eigenvalue weighted by molar-refractivity contribution is 0.412. The third-order valence-electron chi connectivity index (χ3n) is 4.18. The van der Waals surface area contributed by atoms with Crippen molar-refractivity contribution < 1.29 is 4.74 Å². The van der Waals surface area contributed by atoms with Crippen LogP contribution in [0.5, 0.6) is 5.75 Å². The van der Waals surface area contributed by atoms with E-state index in [1.807, 2.05) is 41.9 Å². The summed E-state index contributed by atoms with van der Waals surface area (Å²) in [7, 11) is 1.68. The van der Waals surface area contributed by atoms with Gasteiger partial charge in [-0.1, -0.05) is 12.1 Å². The average Bonchev–Trinajstić information content (AvgIpc) is 3.06. The molecule has 0 fully saturated rings. The van der Waals surface area contributed by atoms with Crippen LogP contribution in [0.25, 0.3) is 28.2 Å². The first-order valence-corrected chi connectivity index (χ1v) is 7.86. The van der Waals surface area contributed by atoms with E-state index in [1.54, 1.807) is 25.6 Å². The highest BCUT2D eigenvalue weighted by Crippen LogP contribution is 2.28. The number of aryl methyl sites for hydroxylation is 1. The van der Waals surface area contributed by atoms with E-state index >= 15 is 0 Å². The number of methoxy groups -OCH3 is 1. The smallest absolute Gasteiger partial charge is 0.155 e. The van der Waals surface area contributed by atoms with Crippen LogP contribution in [0.4, 0.5) is 5.82 Å². The molecule has 6 heteroatoms. The Morgan fingerprint density at radius 1 is 0.960 bits per heavy atom. The molecule has 0 bridgehead atoms. The number of nitrogens with zero attached hydrogens (tertiary/aromatic N) is 4. The van der Waals surface area contributed by atoms with E-state index < -0.39 is 0 Å². The zero-order valence-corrected chi connectivity index (χ0v) is 14.0. The van der Waals surface area contributed by atoms with E-state index in [1.165, 1.54) is 0 Å². The molecule has 0 spiro atoms. The van der Waals surface area contributed by atoms with Crippen LogP contribution in [0.3, 0.4) is 0 Å². The molecule has 0 aliphatic rings. The number of anilines is 1. The third-order valence-corrected chi connectivity index (χ3v) is 4.18. The van der Waals surface area contributed by atoms with Crippen LogP contribution in [0.1, 0.15) is 5.56 Å². The molecule has 0 amide bonds. The number of hydrogen-bond donors (Lipinski definition) is 1. The maximum Gasteiger partial charge on any atom is 0.155 e. The molecule has 0 radical (unpaired) electrons. The monoisotopic (exact) mass is 331 g/mol. The molecule has 0 saturated carbocycles. The molecule has 124 valence electrons. The van der Waals surface area contributed by atoms with E-state index in [9.17, 15) is 0 Å². The van der Waals surface area contributed by atoms with Gasteiger partial charge in [-0.2, -0.15) is 0 Å². The van der Waals surface area contributed by atoms with Gasteiger partial charge >= 0.3 is 0 Å². The Balaban J connectivity index is 1.85. The average molecular weight is 331 g/mol. The Morgan fingerprint density at radius 3 is 2.56 bits per heavy atom. The molecular formula is C19H17N5O. The quantitative estimate of drug-likeness (QED) is 0.623. The van der Waals surface area contributed by atoms with Crippen LogP contribution in [0.15, 0.2) is 55.1 Å². The van der Waals surface area contributed by atoms with Crippen molar-refractivity contribution in [3.8, 4) is 28.3 Å². The van der Waals surface area contributed by atoms with Crippen LogP contribution in [0.2, 0.25) is 0 Å². The summed E-state index contributed by atoms with van der Waals surface area (Å²) in [4.78, 5) is 13.1. The highest BCUT2D eigenvalue weighted by molar-refractivity contribution is 5.68. The summed E-state index contributed by atoms with van der Waals surface area (Å²) in [6.07, 6.45) is 7.26. The minimum Gasteiger partial charge on any atom is -0.496 e. The minimum atomic E-state index is 0.486. The lowest BCUT2D eigenvalue weighted by atomic mass is 10.1. The molecule has 1 aromatic carbocycles. The summed E-state index contributed by atoms with van der Waals surface area (Å²) >= 11 is 0. The van der Waals surface area contributed by atoms with E-state index in [0.717, 1.165) is 39.5 Å². The molecule has 0 aliphatic heterocycles. The number of nitrogens with two attached hydrogens (primary N) is 1. The highest BCUT2D eigenvalue weighted by Gasteiger charge is 2.10. The van der Waals surface area contributed by atoms with Crippen LogP contribution in [-0.2, 0) is 0 Å². The van der Waals surface area contributed by atoms with Gasteiger partial charge in [0.25, 0.3) is 0 Å². The number of imidazole rings is 1. The third kappa shape index (κ3) is 2.67. The number of ether oxygens (including phenoxy) is 1.